The molecule has 0 saturated carbocycles. The van der Waals surface area contributed by atoms with Crippen LogP contribution in [0.5, 0.6) is 5.75 Å². The Bertz CT molecular complexity index is 1850. The molecule has 0 unspecified atom stereocenters. The molecule has 0 saturated heterocycles. The van der Waals surface area contributed by atoms with E-state index in [0.29, 0.717) is 35.4 Å². The van der Waals surface area contributed by atoms with E-state index in [2.05, 4.69) is 20.6 Å². The molecule has 5 aromatic rings. The SMILES string of the molecule is COc1ccc(C[C@H](Nc2nc3ccc(CNC(=O)OCc4cccnc4)c(C)c3c(=O)o2)C(=O)N(C)Cc2ccccc2)cc1. The second-order valence-electron chi connectivity index (χ2n) is 10.8. The number of rotatable bonds is 12. The van der Waals surface area contributed by atoms with Gasteiger partial charge in [0.05, 0.1) is 18.0 Å². The summed E-state index contributed by atoms with van der Waals surface area (Å²) in [5, 5.41) is 6.07. The van der Waals surface area contributed by atoms with Crippen LogP contribution < -0.4 is 21.0 Å². The second kappa shape index (κ2) is 14.8. The molecule has 11 heteroatoms. The Kier molecular flexibility index (Phi) is 10.2. The molecule has 5 rings (SSSR count). The molecule has 2 aromatic heterocycles. The first-order valence-corrected chi connectivity index (χ1v) is 14.7. The summed E-state index contributed by atoms with van der Waals surface area (Å²) in [6, 6.07) is 23.3. The fourth-order valence-corrected chi connectivity index (χ4v) is 5.01. The summed E-state index contributed by atoms with van der Waals surface area (Å²) in [6.07, 6.45) is 2.98. The average molecular weight is 622 g/mol. The van der Waals surface area contributed by atoms with Crippen molar-refractivity contribution in [2.45, 2.75) is 39.1 Å². The first kappa shape index (κ1) is 31.7. The number of carbonyl (C=O) groups is 2. The van der Waals surface area contributed by atoms with Crippen LogP contribution in [0.1, 0.15) is 27.8 Å². The maximum absolute atomic E-state index is 13.7. The van der Waals surface area contributed by atoms with Crippen molar-refractivity contribution in [3.63, 3.8) is 0 Å². The van der Waals surface area contributed by atoms with E-state index in [4.69, 9.17) is 13.9 Å². The Morgan fingerprint density at radius 3 is 2.43 bits per heavy atom. The minimum Gasteiger partial charge on any atom is -0.497 e. The summed E-state index contributed by atoms with van der Waals surface area (Å²) >= 11 is 0. The van der Waals surface area contributed by atoms with E-state index in [0.717, 1.165) is 16.7 Å². The van der Waals surface area contributed by atoms with Crippen molar-refractivity contribution in [2.24, 2.45) is 0 Å². The molecular weight excluding hydrogens is 586 g/mol. The van der Waals surface area contributed by atoms with Gasteiger partial charge < -0.3 is 29.4 Å². The highest BCUT2D eigenvalue weighted by Gasteiger charge is 2.25. The van der Waals surface area contributed by atoms with E-state index in [1.165, 1.54) is 0 Å². The second-order valence-corrected chi connectivity index (χ2v) is 10.8. The summed E-state index contributed by atoms with van der Waals surface area (Å²) in [6.45, 7) is 2.39. The van der Waals surface area contributed by atoms with E-state index < -0.39 is 17.8 Å². The summed E-state index contributed by atoms with van der Waals surface area (Å²) < 4.78 is 16.1. The van der Waals surface area contributed by atoms with E-state index in [1.807, 2.05) is 60.7 Å². The number of aromatic nitrogens is 2. The maximum atomic E-state index is 13.7. The summed E-state index contributed by atoms with van der Waals surface area (Å²) in [5.74, 6) is 0.506. The number of alkyl carbamates (subject to hydrolysis) is 1. The van der Waals surface area contributed by atoms with Crippen LogP contribution in [0, 0.1) is 6.92 Å². The molecule has 3 aromatic carbocycles. The van der Waals surface area contributed by atoms with Gasteiger partial charge in [0, 0.05) is 44.5 Å². The lowest BCUT2D eigenvalue weighted by Gasteiger charge is -2.25. The number of fused-ring (bicyclic) bond motifs is 1. The number of nitrogens with one attached hydrogen (secondary N) is 2. The number of amides is 2. The molecule has 0 aliphatic rings. The molecule has 236 valence electrons. The number of carbonyl (C=O) groups excluding carboxylic acids is 2. The molecule has 11 nitrogen and oxygen atoms in total. The number of aryl methyl sites for hydroxylation is 1. The zero-order valence-corrected chi connectivity index (χ0v) is 25.9. The van der Waals surface area contributed by atoms with Crippen molar-refractivity contribution < 1.29 is 23.5 Å². The summed E-state index contributed by atoms with van der Waals surface area (Å²) in [7, 11) is 3.32. The zero-order valence-electron chi connectivity index (χ0n) is 25.9. The number of pyridine rings is 1. The minimum absolute atomic E-state index is 0.0678. The number of likely N-dealkylation sites (N-methyl/N-ethyl adjacent to an activating group) is 1. The number of ether oxygens (including phenoxy) is 2. The predicted octanol–water partition coefficient (Wildman–Crippen LogP) is 5.01. The average Bonchev–Trinajstić information content (AvgIpc) is 3.07. The third-order valence-corrected chi connectivity index (χ3v) is 7.52. The first-order chi connectivity index (χ1) is 22.3. The molecular formula is C35H35N5O6. The number of benzene rings is 3. The number of hydrogen-bond acceptors (Lipinski definition) is 9. The van der Waals surface area contributed by atoms with Gasteiger partial charge in [0.25, 0.3) is 6.01 Å². The molecule has 46 heavy (non-hydrogen) atoms. The first-order valence-electron chi connectivity index (χ1n) is 14.7. The van der Waals surface area contributed by atoms with Gasteiger partial charge in [-0.05, 0) is 53.4 Å². The third-order valence-electron chi connectivity index (χ3n) is 7.52. The van der Waals surface area contributed by atoms with Gasteiger partial charge in [-0.2, -0.15) is 4.98 Å². The van der Waals surface area contributed by atoms with Crippen molar-refractivity contribution in [1.29, 1.82) is 0 Å². The van der Waals surface area contributed by atoms with Crippen LogP contribution in [0.4, 0.5) is 10.8 Å². The van der Waals surface area contributed by atoms with E-state index in [-0.39, 0.29) is 30.5 Å². The van der Waals surface area contributed by atoms with E-state index in [9.17, 15) is 14.4 Å². The van der Waals surface area contributed by atoms with Gasteiger partial charge in [0.2, 0.25) is 5.91 Å². The van der Waals surface area contributed by atoms with Crippen molar-refractivity contribution in [1.82, 2.24) is 20.2 Å². The fraction of sp³-hybridized carbons (Fsp3) is 0.229. The highest BCUT2D eigenvalue weighted by Crippen LogP contribution is 2.21. The van der Waals surface area contributed by atoms with Crippen LogP contribution in [0.15, 0.2) is 100 Å². The number of anilines is 1. The Morgan fingerprint density at radius 2 is 1.72 bits per heavy atom. The number of hydrogen-bond donors (Lipinski definition) is 2. The van der Waals surface area contributed by atoms with Crippen molar-refractivity contribution in [3.8, 4) is 5.75 Å². The van der Waals surface area contributed by atoms with Crippen LogP contribution in [0.3, 0.4) is 0 Å². The Morgan fingerprint density at radius 1 is 0.957 bits per heavy atom. The van der Waals surface area contributed by atoms with Crippen LogP contribution in [0.2, 0.25) is 0 Å². The van der Waals surface area contributed by atoms with Crippen molar-refractivity contribution in [3.05, 3.63) is 129 Å². The molecule has 2 N–H and O–H groups in total. The van der Waals surface area contributed by atoms with Crippen LogP contribution in [-0.2, 0) is 35.6 Å². The van der Waals surface area contributed by atoms with Crippen molar-refractivity contribution >= 4 is 28.9 Å². The molecule has 0 aliphatic carbocycles. The summed E-state index contributed by atoms with van der Waals surface area (Å²) in [4.78, 5) is 49.4. The van der Waals surface area contributed by atoms with Gasteiger partial charge in [-0.15, -0.1) is 0 Å². The van der Waals surface area contributed by atoms with E-state index in [1.54, 1.807) is 56.6 Å². The van der Waals surface area contributed by atoms with Crippen molar-refractivity contribution in [2.75, 3.05) is 19.5 Å². The van der Waals surface area contributed by atoms with Gasteiger partial charge in [-0.3, -0.25) is 9.78 Å². The normalized spacial score (nSPS) is 11.5. The topological polar surface area (TPSA) is 136 Å². The maximum Gasteiger partial charge on any atom is 0.407 e. The lowest BCUT2D eigenvalue weighted by molar-refractivity contribution is -0.131. The highest BCUT2D eigenvalue weighted by atomic mass is 16.5. The predicted molar refractivity (Wildman–Crippen MR) is 173 cm³/mol. The molecule has 0 radical (unpaired) electrons. The van der Waals surface area contributed by atoms with Crippen LogP contribution in [0.25, 0.3) is 10.9 Å². The quantitative estimate of drug-likeness (QED) is 0.197. The third kappa shape index (κ3) is 8.06. The van der Waals surface area contributed by atoms with Crippen LogP contribution >= 0.6 is 0 Å². The standard InChI is InChI=1S/C35H35N5O6/c1-23-27(20-37-35(43)45-22-26-10-7-17-36-19-26)13-16-29-31(23)33(42)46-34(38-29)39-30(18-24-11-14-28(44-3)15-12-24)32(41)40(2)21-25-8-5-4-6-9-25/h4-17,19,30H,18,20-22H2,1-3H3,(H,37,43)(H,38,39)/t30-/m0/s1. The fourth-order valence-electron chi connectivity index (χ4n) is 5.01. The summed E-state index contributed by atoms with van der Waals surface area (Å²) in [5.41, 5.74) is 3.74. The number of nitrogens with zero attached hydrogens (tertiary/aromatic N) is 3. The number of methoxy groups -OCH3 is 1. The Hall–Kier alpha value is -5.71. The minimum atomic E-state index is -0.780. The van der Waals surface area contributed by atoms with Gasteiger partial charge in [0.1, 0.15) is 18.4 Å². The largest absolute Gasteiger partial charge is 0.497 e. The molecule has 0 bridgehead atoms. The molecule has 0 aliphatic heterocycles. The van der Waals surface area contributed by atoms with E-state index >= 15 is 0 Å². The lowest BCUT2D eigenvalue weighted by Crippen LogP contribution is -2.42. The van der Waals surface area contributed by atoms with Gasteiger partial charge in [0.15, 0.2) is 0 Å². The molecule has 0 spiro atoms. The molecule has 0 fully saturated rings. The molecule has 2 amide bonds. The van der Waals surface area contributed by atoms with Gasteiger partial charge in [-0.1, -0.05) is 54.6 Å². The smallest absolute Gasteiger partial charge is 0.407 e. The molecule has 2 heterocycles. The zero-order chi connectivity index (χ0) is 32.5. The van der Waals surface area contributed by atoms with Gasteiger partial charge >= 0.3 is 11.7 Å². The lowest BCUT2D eigenvalue weighted by atomic mass is 10.0. The molecule has 1 atom stereocenters. The monoisotopic (exact) mass is 621 g/mol. The highest BCUT2D eigenvalue weighted by molar-refractivity contribution is 5.86. The van der Waals surface area contributed by atoms with Crippen LogP contribution in [-0.4, -0.2) is 47.1 Å². The Labute approximate surface area is 266 Å². The Balaban J connectivity index is 1.33. The van der Waals surface area contributed by atoms with Gasteiger partial charge in [-0.25, -0.2) is 9.59 Å².